The number of hydrogen-bond acceptors (Lipinski definition) is 4. The molecule has 2 aromatic heterocycles. The number of hydrogen-bond donors (Lipinski definition) is 2. The van der Waals surface area contributed by atoms with E-state index in [0.717, 1.165) is 10.9 Å². The average molecular weight is 338 g/mol. The van der Waals surface area contributed by atoms with Crippen molar-refractivity contribution in [3.63, 3.8) is 0 Å². The summed E-state index contributed by atoms with van der Waals surface area (Å²) in [6, 6.07) is 12.9. The van der Waals surface area contributed by atoms with Crippen LogP contribution in [0, 0.1) is 5.92 Å². The van der Waals surface area contributed by atoms with E-state index in [1.54, 1.807) is 25.3 Å². The zero-order chi connectivity index (χ0) is 17.8. The number of carbonyl (C=O) groups excluding carboxylic acids is 1. The number of aromatic nitrogens is 1. The number of fused-ring (bicyclic) bond motifs is 1. The van der Waals surface area contributed by atoms with Crippen molar-refractivity contribution in [2.24, 2.45) is 5.92 Å². The topological polar surface area (TPSA) is 75.4 Å². The molecule has 1 amide bonds. The van der Waals surface area contributed by atoms with Crippen LogP contribution in [-0.4, -0.2) is 28.6 Å². The quantitative estimate of drug-likeness (QED) is 0.719. The Morgan fingerprint density at radius 2 is 2.04 bits per heavy atom. The molecule has 2 atom stereocenters. The molecule has 0 aliphatic carbocycles. The van der Waals surface area contributed by atoms with Crippen LogP contribution >= 0.6 is 0 Å². The van der Waals surface area contributed by atoms with Crippen LogP contribution in [0.25, 0.3) is 22.4 Å². The molecule has 3 rings (SSSR count). The lowest BCUT2D eigenvalue weighted by molar-refractivity contribution is 0.0941. The second-order valence-electron chi connectivity index (χ2n) is 6.45. The van der Waals surface area contributed by atoms with Gasteiger partial charge in [0.25, 0.3) is 5.91 Å². The summed E-state index contributed by atoms with van der Waals surface area (Å²) in [7, 11) is 0. The summed E-state index contributed by atoms with van der Waals surface area (Å²) in [5.74, 6) is 0.674. The Morgan fingerprint density at radius 1 is 1.24 bits per heavy atom. The molecule has 0 saturated carbocycles. The lowest BCUT2D eigenvalue weighted by Gasteiger charge is -2.15. The van der Waals surface area contributed by atoms with E-state index in [4.69, 9.17) is 4.42 Å². The predicted octanol–water partition coefficient (Wildman–Crippen LogP) is 3.63. The summed E-state index contributed by atoms with van der Waals surface area (Å²) in [5.41, 5.74) is 1.95. The number of benzene rings is 1. The van der Waals surface area contributed by atoms with Crippen molar-refractivity contribution >= 4 is 16.8 Å². The van der Waals surface area contributed by atoms with Crippen LogP contribution in [0.5, 0.6) is 0 Å². The Kier molecular flexibility index (Phi) is 5.14. The summed E-state index contributed by atoms with van der Waals surface area (Å²) in [6.07, 6.45) is 1.86. The van der Waals surface area contributed by atoms with E-state index in [-0.39, 0.29) is 17.9 Å². The van der Waals surface area contributed by atoms with Crippen molar-refractivity contribution in [2.75, 3.05) is 6.54 Å². The molecule has 0 spiro atoms. The molecule has 0 aliphatic heterocycles. The van der Waals surface area contributed by atoms with Gasteiger partial charge in [-0.3, -0.25) is 4.79 Å². The van der Waals surface area contributed by atoms with E-state index in [0.29, 0.717) is 30.0 Å². The monoisotopic (exact) mass is 338 g/mol. The minimum absolute atomic E-state index is 0.149. The number of pyridine rings is 1. The maximum absolute atomic E-state index is 12.7. The average Bonchev–Trinajstić information content (AvgIpc) is 3.12. The Balaban J connectivity index is 1.90. The van der Waals surface area contributed by atoms with Crippen molar-refractivity contribution in [3.05, 3.63) is 54.3 Å². The molecule has 3 aromatic rings. The predicted molar refractivity (Wildman–Crippen MR) is 97.2 cm³/mol. The highest BCUT2D eigenvalue weighted by molar-refractivity contribution is 6.07. The minimum atomic E-state index is -0.376. The molecule has 130 valence electrons. The van der Waals surface area contributed by atoms with Gasteiger partial charge in [0.15, 0.2) is 5.76 Å². The Hall–Kier alpha value is -2.66. The van der Waals surface area contributed by atoms with E-state index < -0.39 is 0 Å². The van der Waals surface area contributed by atoms with Gasteiger partial charge in [0, 0.05) is 11.9 Å². The first-order valence-corrected chi connectivity index (χ1v) is 8.44. The first-order chi connectivity index (χ1) is 12.0. The normalized spacial score (nSPS) is 13.6. The molecular formula is C20H22N2O3. The zero-order valence-electron chi connectivity index (χ0n) is 14.4. The Morgan fingerprint density at radius 3 is 2.76 bits per heavy atom. The lowest BCUT2D eigenvalue weighted by Crippen LogP contribution is -2.29. The maximum atomic E-state index is 12.7. The van der Waals surface area contributed by atoms with Crippen molar-refractivity contribution in [1.82, 2.24) is 10.3 Å². The molecule has 2 heterocycles. The first-order valence-electron chi connectivity index (χ1n) is 8.44. The van der Waals surface area contributed by atoms with E-state index in [9.17, 15) is 9.90 Å². The minimum Gasteiger partial charge on any atom is -0.463 e. The summed E-state index contributed by atoms with van der Waals surface area (Å²) in [6.45, 7) is 4.27. The summed E-state index contributed by atoms with van der Waals surface area (Å²) < 4.78 is 5.42. The van der Waals surface area contributed by atoms with E-state index >= 15 is 0 Å². The lowest BCUT2D eigenvalue weighted by atomic mass is 10.0. The van der Waals surface area contributed by atoms with Gasteiger partial charge >= 0.3 is 0 Å². The third-order valence-electron chi connectivity index (χ3n) is 4.09. The molecule has 2 unspecified atom stereocenters. The van der Waals surface area contributed by atoms with E-state index in [2.05, 4.69) is 10.3 Å². The standard InChI is InChI=1S/C20H22N2O3/c1-13(10-14(2)23)12-21-20(24)16-11-18(19-8-5-9-25-19)22-17-7-4-3-6-15(16)17/h3-9,11,13-14,23H,10,12H2,1-2H3,(H,21,24). The molecule has 0 saturated heterocycles. The third-order valence-corrected chi connectivity index (χ3v) is 4.09. The van der Waals surface area contributed by atoms with Crippen LogP contribution < -0.4 is 5.32 Å². The van der Waals surface area contributed by atoms with Gasteiger partial charge in [-0.1, -0.05) is 25.1 Å². The number of rotatable bonds is 6. The van der Waals surface area contributed by atoms with Gasteiger partial charge in [-0.15, -0.1) is 0 Å². The van der Waals surface area contributed by atoms with Crippen molar-refractivity contribution in [1.29, 1.82) is 0 Å². The van der Waals surface area contributed by atoms with E-state index in [1.807, 2.05) is 37.3 Å². The highest BCUT2D eigenvalue weighted by Crippen LogP contribution is 2.25. The fourth-order valence-corrected chi connectivity index (χ4v) is 2.94. The van der Waals surface area contributed by atoms with Crippen LogP contribution in [0.1, 0.15) is 30.6 Å². The van der Waals surface area contributed by atoms with Crippen LogP contribution in [0.15, 0.2) is 53.1 Å². The van der Waals surface area contributed by atoms with E-state index in [1.165, 1.54) is 0 Å². The van der Waals surface area contributed by atoms with Crippen molar-refractivity contribution in [2.45, 2.75) is 26.4 Å². The molecule has 25 heavy (non-hydrogen) atoms. The van der Waals surface area contributed by atoms with Crippen molar-refractivity contribution in [3.8, 4) is 11.5 Å². The first kappa shape index (κ1) is 17.2. The summed E-state index contributed by atoms with van der Waals surface area (Å²) in [5, 5.41) is 13.2. The van der Waals surface area contributed by atoms with Gasteiger partial charge in [-0.05, 0) is 43.5 Å². The third kappa shape index (κ3) is 4.06. The number of amides is 1. The van der Waals surface area contributed by atoms with Gasteiger partial charge in [0.2, 0.25) is 0 Å². The second kappa shape index (κ2) is 7.49. The number of nitrogens with one attached hydrogen (secondary N) is 1. The highest BCUT2D eigenvalue weighted by atomic mass is 16.3. The number of aliphatic hydroxyl groups excluding tert-OH is 1. The fraction of sp³-hybridized carbons (Fsp3) is 0.300. The molecule has 0 fully saturated rings. The van der Waals surface area contributed by atoms with Crippen molar-refractivity contribution < 1.29 is 14.3 Å². The van der Waals surface area contributed by atoms with Crippen LogP contribution in [0.2, 0.25) is 0 Å². The zero-order valence-corrected chi connectivity index (χ0v) is 14.4. The van der Waals surface area contributed by atoms with Gasteiger partial charge in [-0.2, -0.15) is 0 Å². The molecule has 0 bridgehead atoms. The van der Waals surface area contributed by atoms with Gasteiger partial charge in [0.05, 0.1) is 23.4 Å². The van der Waals surface area contributed by atoms with Crippen LogP contribution in [-0.2, 0) is 0 Å². The van der Waals surface area contributed by atoms with Crippen LogP contribution in [0.4, 0.5) is 0 Å². The Bertz CT molecular complexity index is 857. The molecule has 0 aliphatic rings. The largest absolute Gasteiger partial charge is 0.463 e. The van der Waals surface area contributed by atoms with Gasteiger partial charge < -0.3 is 14.8 Å². The molecule has 0 radical (unpaired) electrons. The molecule has 1 aromatic carbocycles. The smallest absolute Gasteiger partial charge is 0.252 e. The second-order valence-corrected chi connectivity index (χ2v) is 6.45. The summed E-state index contributed by atoms with van der Waals surface area (Å²) >= 11 is 0. The summed E-state index contributed by atoms with van der Waals surface area (Å²) in [4.78, 5) is 17.3. The number of carbonyl (C=O) groups is 1. The highest BCUT2D eigenvalue weighted by Gasteiger charge is 2.16. The number of furan rings is 1. The molecular weight excluding hydrogens is 316 g/mol. The SMILES string of the molecule is CC(O)CC(C)CNC(=O)c1cc(-c2ccco2)nc2ccccc12. The van der Waals surface area contributed by atoms with Crippen LogP contribution in [0.3, 0.4) is 0 Å². The maximum Gasteiger partial charge on any atom is 0.252 e. The van der Waals surface area contributed by atoms with Gasteiger partial charge in [-0.25, -0.2) is 4.98 Å². The number of para-hydroxylation sites is 1. The molecule has 5 nitrogen and oxygen atoms in total. The molecule has 5 heteroatoms. The molecule has 2 N–H and O–H groups in total. The van der Waals surface area contributed by atoms with Gasteiger partial charge in [0.1, 0.15) is 5.69 Å². The Labute approximate surface area is 146 Å². The number of nitrogens with zero attached hydrogens (tertiary/aromatic N) is 1. The number of aliphatic hydroxyl groups is 1. The fourth-order valence-electron chi connectivity index (χ4n) is 2.94.